The fourth-order valence-corrected chi connectivity index (χ4v) is 2.01. The summed E-state index contributed by atoms with van der Waals surface area (Å²) in [7, 11) is 1.52. The van der Waals surface area contributed by atoms with Gasteiger partial charge in [0.2, 0.25) is 0 Å². The van der Waals surface area contributed by atoms with Crippen LogP contribution in [0.4, 0.5) is 5.69 Å². The summed E-state index contributed by atoms with van der Waals surface area (Å²) in [5.41, 5.74) is 6.70. The van der Waals surface area contributed by atoms with Crippen molar-refractivity contribution in [3.05, 3.63) is 23.8 Å². The fourth-order valence-electron chi connectivity index (χ4n) is 2.01. The molecular formula is C16H25NO3. The Hall–Kier alpha value is -1.71. The molecule has 0 radical (unpaired) electrons. The maximum Gasteiger partial charge on any atom is 0.338 e. The van der Waals surface area contributed by atoms with E-state index in [1.54, 1.807) is 18.2 Å². The second kappa shape index (κ2) is 8.46. The van der Waals surface area contributed by atoms with Gasteiger partial charge in [0.25, 0.3) is 0 Å². The lowest BCUT2D eigenvalue weighted by molar-refractivity contribution is 0.0319. The molecule has 2 N–H and O–H groups in total. The van der Waals surface area contributed by atoms with Gasteiger partial charge in [0.05, 0.1) is 24.5 Å². The van der Waals surface area contributed by atoms with Gasteiger partial charge in [-0.25, -0.2) is 4.79 Å². The van der Waals surface area contributed by atoms with Crippen molar-refractivity contribution in [1.82, 2.24) is 0 Å². The van der Waals surface area contributed by atoms with Gasteiger partial charge in [-0.15, -0.1) is 0 Å². The maximum atomic E-state index is 12.0. The number of anilines is 1. The molecule has 1 atom stereocenters. The molecule has 0 amide bonds. The van der Waals surface area contributed by atoms with Crippen LogP contribution in [0.5, 0.6) is 5.75 Å². The van der Waals surface area contributed by atoms with E-state index in [2.05, 4.69) is 6.92 Å². The Labute approximate surface area is 121 Å². The summed E-state index contributed by atoms with van der Waals surface area (Å²) in [4.78, 5) is 12.0. The highest BCUT2D eigenvalue weighted by atomic mass is 16.5. The number of nitrogen functional groups attached to an aromatic ring is 1. The lowest BCUT2D eigenvalue weighted by Crippen LogP contribution is -2.15. The van der Waals surface area contributed by atoms with Crippen molar-refractivity contribution in [2.75, 3.05) is 12.8 Å². The van der Waals surface area contributed by atoms with Gasteiger partial charge in [0.1, 0.15) is 5.75 Å². The third kappa shape index (κ3) is 5.11. The van der Waals surface area contributed by atoms with Gasteiger partial charge < -0.3 is 15.2 Å². The summed E-state index contributed by atoms with van der Waals surface area (Å²) in [5, 5.41) is 0. The van der Waals surface area contributed by atoms with Crippen LogP contribution >= 0.6 is 0 Å². The van der Waals surface area contributed by atoms with Gasteiger partial charge in [-0.1, -0.05) is 26.2 Å². The highest BCUT2D eigenvalue weighted by Gasteiger charge is 2.13. The molecule has 1 aromatic carbocycles. The number of hydrogen-bond acceptors (Lipinski definition) is 4. The number of hydrogen-bond donors (Lipinski definition) is 1. The van der Waals surface area contributed by atoms with Crippen molar-refractivity contribution in [3.63, 3.8) is 0 Å². The van der Waals surface area contributed by atoms with E-state index in [9.17, 15) is 4.79 Å². The molecule has 20 heavy (non-hydrogen) atoms. The predicted octanol–water partition coefficient (Wildman–Crippen LogP) is 3.79. The number of methoxy groups -OCH3 is 1. The number of nitrogens with two attached hydrogens (primary N) is 1. The van der Waals surface area contributed by atoms with E-state index in [4.69, 9.17) is 15.2 Å². The lowest BCUT2D eigenvalue weighted by atomic mass is 10.1. The van der Waals surface area contributed by atoms with Gasteiger partial charge in [0, 0.05) is 0 Å². The Morgan fingerprint density at radius 2 is 2.05 bits per heavy atom. The molecule has 4 nitrogen and oxygen atoms in total. The maximum absolute atomic E-state index is 12.0. The number of carbonyl (C=O) groups excluding carboxylic acids is 1. The van der Waals surface area contributed by atoms with Gasteiger partial charge in [0.15, 0.2) is 0 Å². The normalized spacial score (nSPS) is 11.9. The Kier molecular flexibility index (Phi) is 6.91. The molecule has 0 bridgehead atoms. The van der Waals surface area contributed by atoms with Crippen LogP contribution in [0.2, 0.25) is 0 Å². The largest absolute Gasteiger partial charge is 0.495 e. The van der Waals surface area contributed by atoms with E-state index in [-0.39, 0.29) is 12.1 Å². The van der Waals surface area contributed by atoms with Crippen molar-refractivity contribution in [2.24, 2.45) is 0 Å². The summed E-state index contributed by atoms with van der Waals surface area (Å²) in [5.74, 6) is 0.168. The zero-order valence-corrected chi connectivity index (χ0v) is 12.6. The van der Waals surface area contributed by atoms with E-state index in [1.165, 1.54) is 26.4 Å². The van der Waals surface area contributed by atoms with Crippen molar-refractivity contribution in [3.8, 4) is 5.75 Å². The van der Waals surface area contributed by atoms with Crippen LogP contribution in [0.1, 0.15) is 56.3 Å². The van der Waals surface area contributed by atoms with Gasteiger partial charge in [-0.3, -0.25) is 0 Å². The SMILES string of the molecule is CCCCCCC(C)OC(=O)c1ccc(N)c(OC)c1. The molecule has 4 heteroatoms. The van der Waals surface area contributed by atoms with Crippen LogP contribution in [0.3, 0.4) is 0 Å². The Balaban J connectivity index is 2.49. The molecule has 1 rings (SSSR count). The molecule has 0 heterocycles. The average Bonchev–Trinajstić information content (AvgIpc) is 2.44. The second-order valence-electron chi connectivity index (χ2n) is 5.02. The first-order chi connectivity index (χ1) is 9.58. The number of esters is 1. The van der Waals surface area contributed by atoms with Crippen LogP contribution in [0.15, 0.2) is 18.2 Å². The highest BCUT2D eigenvalue weighted by Crippen LogP contribution is 2.23. The predicted molar refractivity (Wildman–Crippen MR) is 81.0 cm³/mol. The first-order valence-electron chi connectivity index (χ1n) is 7.23. The molecule has 0 aliphatic heterocycles. The van der Waals surface area contributed by atoms with Crippen molar-refractivity contribution >= 4 is 11.7 Å². The van der Waals surface area contributed by atoms with Gasteiger partial charge >= 0.3 is 5.97 Å². The number of ether oxygens (including phenoxy) is 2. The summed E-state index contributed by atoms with van der Waals surface area (Å²) >= 11 is 0. The molecule has 0 aliphatic rings. The number of unbranched alkanes of at least 4 members (excludes halogenated alkanes) is 3. The number of rotatable bonds is 8. The van der Waals surface area contributed by atoms with Crippen molar-refractivity contribution in [1.29, 1.82) is 0 Å². The van der Waals surface area contributed by atoms with Crippen LogP contribution in [0.25, 0.3) is 0 Å². The second-order valence-corrected chi connectivity index (χ2v) is 5.02. The Morgan fingerprint density at radius 1 is 1.30 bits per heavy atom. The van der Waals surface area contributed by atoms with Crippen LogP contribution in [-0.2, 0) is 4.74 Å². The smallest absolute Gasteiger partial charge is 0.338 e. The van der Waals surface area contributed by atoms with E-state index in [1.807, 2.05) is 6.92 Å². The molecule has 0 fully saturated rings. The molecule has 112 valence electrons. The van der Waals surface area contributed by atoms with Crippen LogP contribution in [-0.4, -0.2) is 19.2 Å². The molecule has 0 aromatic heterocycles. The third-order valence-electron chi connectivity index (χ3n) is 3.24. The molecule has 1 aromatic rings. The molecule has 0 saturated heterocycles. The number of carbonyl (C=O) groups is 1. The van der Waals surface area contributed by atoms with Crippen LogP contribution in [0, 0.1) is 0 Å². The first kappa shape index (κ1) is 16.3. The minimum Gasteiger partial charge on any atom is -0.495 e. The zero-order chi connectivity index (χ0) is 15.0. The molecule has 0 saturated carbocycles. The van der Waals surface area contributed by atoms with Crippen molar-refractivity contribution in [2.45, 2.75) is 52.1 Å². The van der Waals surface area contributed by atoms with Crippen LogP contribution < -0.4 is 10.5 Å². The Bertz CT molecular complexity index is 432. The summed E-state index contributed by atoms with van der Waals surface area (Å²) in [6.07, 6.45) is 5.55. The topological polar surface area (TPSA) is 61.5 Å². The quantitative estimate of drug-likeness (QED) is 0.447. The summed E-state index contributed by atoms with van der Waals surface area (Å²) < 4.78 is 10.5. The van der Waals surface area contributed by atoms with E-state index < -0.39 is 0 Å². The fraction of sp³-hybridized carbons (Fsp3) is 0.562. The van der Waals surface area contributed by atoms with Gasteiger partial charge in [-0.2, -0.15) is 0 Å². The minimum absolute atomic E-state index is 0.0668. The molecule has 0 aliphatic carbocycles. The monoisotopic (exact) mass is 279 g/mol. The standard InChI is InChI=1S/C16H25NO3/c1-4-5-6-7-8-12(2)20-16(18)13-9-10-14(17)15(11-13)19-3/h9-12H,4-8,17H2,1-3H3. The average molecular weight is 279 g/mol. The van der Waals surface area contributed by atoms with Gasteiger partial charge in [-0.05, 0) is 38.0 Å². The summed E-state index contributed by atoms with van der Waals surface area (Å²) in [6, 6.07) is 4.92. The zero-order valence-electron chi connectivity index (χ0n) is 12.6. The Morgan fingerprint density at radius 3 is 2.70 bits per heavy atom. The molecule has 1 unspecified atom stereocenters. The first-order valence-corrected chi connectivity index (χ1v) is 7.23. The third-order valence-corrected chi connectivity index (χ3v) is 3.24. The van der Waals surface area contributed by atoms with E-state index >= 15 is 0 Å². The van der Waals surface area contributed by atoms with E-state index in [0.717, 1.165) is 12.8 Å². The lowest BCUT2D eigenvalue weighted by Gasteiger charge is -2.14. The molecule has 0 spiro atoms. The highest BCUT2D eigenvalue weighted by molar-refractivity contribution is 5.90. The minimum atomic E-state index is -0.328. The molecular weight excluding hydrogens is 254 g/mol. The summed E-state index contributed by atoms with van der Waals surface area (Å²) in [6.45, 7) is 4.11. The van der Waals surface area contributed by atoms with E-state index in [0.29, 0.717) is 17.0 Å². The van der Waals surface area contributed by atoms with Crippen molar-refractivity contribution < 1.29 is 14.3 Å². The number of benzene rings is 1.